The Hall–Kier alpha value is -2.02. The molecule has 0 saturated heterocycles. The van der Waals surface area contributed by atoms with Gasteiger partial charge in [-0.3, -0.25) is 4.68 Å². The first-order valence-electron chi connectivity index (χ1n) is 8.75. The van der Waals surface area contributed by atoms with E-state index in [9.17, 15) is 0 Å². The molecule has 0 amide bonds. The molecule has 0 spiro atoms. The summed E-state index contributed by atoms with van der Waals surface area (Å²) in [6.07, 6.45) is 3.57. The van der Waals surface area contributed by atoms with Gasteiger partial charge in [0, 0.05) is 17.2 Å². The molecule has 134 valence electrons. The Morgan fingerprint density at radius 3 is 2.77 bits per heavy atom. The van der Waals surface area contributed by atoms with Crippen LogP contribution in [0.15, 0.2) is 42.5 Å². The number of benzene rings is 2. The van der Waals surface area contributed by atoms with Crippen LogP contribution in [0, 0.1) is 3.70 Å². The largest absolute Gasteiger partial charge is 0.497 e. The van der Waals surface area contributed by atoms with Crippen LogP contribution in [0.3, 0.4) is 0 Å². The summed E-state index contributed by atoms with van der Waals surface area (Å²) in [4.78, 5) is 0. The minimum atomic E-state index is 0.662. The van der Waals surface area contributed by atoms with E-state index in [1.165, 1.54) is 35.2 Å². The highest BCUT2D eigenvalue weighted by Crippen LogP contribution is 2.34. The Kier molecular flexibility index (Phi) is 4.89. The Morgan fingerprint density at radius 1 is 1.08 bits per heavy atom. The summed E-state index contributed by atoms with van der Waals surface area (Å²) >= 11 is 2.29. The van der Waals surface area contributed by atoms with Gasteiger partial charge in [0.2, 0.25) is 0 Å². The molecule has 0 saturated carbocycles. The Bertz CT molecular complexity index is 949. The number of ether oxygens (including phenoxy) is 2. The number of aromatic nitrogens is 2. The Labute approximate surface area is 167 Å². The van der Waals surface area contributed by atoms with Crippen LogP contribution in [0.25, 0.3) is 11.3 Å². The van der Waals surface area contributed by atoms with Crippen molar-refractivity contribution in [2.24, 2.45) is 0 Å². The van der Waals surface area contributed by atoms with Crippen molar-refractivity contribution in [1.82, 2.24) is 9.78 Å². The molecule has 1 aromatic heterocycles. The second-order valence-electron chi connectivity index (χ2n) is 6.48. The summed E-state index contributed by atoms with van der Waals surface area (Å²) in [5.74, 6) is 1.61. The molecule has 1 heterocycles. The second-order valence-corrected chi connectivity index (χ2v) is 7.59. The number of aryl methyl sites for hydroxylation is 1. The van der Waals surface area contributed by atoms with E-state index < -0.39 is 0 Å². The molecule has 0 N–H and O–H groups in total. The quantitative estimate of drug-likeness (QED) is 0.518. The van der Waals surface area contributed by atoms with Crippen molar-refractivity contribution in [1.29, 1.82) is 0 Å². The van der Waals surface area contributed by atoms with E-state index in [0.29, 0.717) is 6.54 Å². The van der Waals surface area contributed by atoms with Crippen LogP contribution in [0.1, 0.15) is 23.1 Å². The van der Waals surface area contributed by atoms with Crippen molar-refractivity contribution >= 4 is 22.6 Å². The van der Waals surface area contributed by atoms with Crippen LogP contribution in [-0.2, 0) is 19.4 Å². The maximum atomic E-state index is 5.56. The fourth-order valence-corrected chi connectivity index (χ4v) is 4.28. The molecule has 4 rings (SSSR count). The number of halogens is 1. The fraction of sp³-hybridized carbons (Fsp3) is 0.286. The molecule has 3 aromatic rings. The van der Waals surface area contributed by atoms with E-state index >= 15 is 0 Å². The number of rotatable bonds is 5. The predicted molar refractivity (Wildman–Crippen MR) is 111 cm³/mol. The molecule has 0 fully saturated rings. The van der Waals surface area contributed by atoms with E-state index in [4.69, 9.17) is 14.6 Å². The predicted octanol–water partition coefficient (Wildman–Crippen LogP) is 4.71. The molecule has 0 bridgehead atoms. The normalized spacial score (nSPS) is 12.9. The van der Waals surface area contributed by atoms with Crippen molar-refractivity contribution in [3.05, 3.63) is 62.9 Å². The third-order valence-electron chi connectivity index (χ3n) is 4.99. The van der Waals surface area contributed by atoms with Gasteiger partial charge < -0.3 is 9.47 Å². The Morgan fingerprint density at radius 2 is 1.96 bits per heavy atom. The van der Waals surface area contributed by atoms with E-state index in [1.54, 1.807) is 14.2 Å². The van der Waals surface area contributed by atoms with Crippen LogP contribution in [-0.4, -0.2) is 24.0 Å². The van der Waals surface area contributed by atoms with Crippen molar-refractivity contribution in [3.8, 4) is 22.8 Å². The van der Waals surface area contributed by atoms with Gasteiger partial charge >= 0.3 is 0 Å². The van der Waals surface area contributed by atoms with Crippen LogP contribution in [0.4, 0.5) is 0 Å². The number of nitrogens with zero attached hydrogens (tertiary/aromatic N) is 2. The molecule has 4 nitrogen and oxygen atoms in total. The number of fused-ring (bicyclic) bond motifs is 1. The smallest absolute Gasteiger partial charge is 0.127 e. The summed E-state index contributed by atoms with van der Waals surface area (Å²) in [5, 5.41) is 4.74. The highest BCUT2D eigenvalue weighted by atomic mass is 127. The first-order valence-corrected chi connectivity index (χ1v) is 9.83. The maximum Gasteiger partial charge on any atom is 0.127 e. The highest BCUT2D eigenvalue weighted by molar-refractivity contribution is 14.1. The number of hydrogen-bond acceptors (Lipinski definition) is 3. The Balaban J connectivity index is 1.75. The average molecular weight is 460 g/mol. The monoisotopic (exact) mass is 460 g/mol. The average Bonchev–Trinajstić information content (AvgIpc) is 3.28. The van der Waals surface area contributed by atoms with Gasteiger partial charge in [0.25, 0.3) is 0 Å². The van der Waals surface area contributed by atoms with Crippen LogP contribution in [0.5, 0.6) is 11.5 Å². The molecule has 26 heavy (non-hydrogen) atoms. The lowest BCUT2D eigenvalue weighted by Gasteiger charge is -2.14. The molecule has 1 aliphatic rings. The van der Waals surface area contributed by atoms with Crippen molar-refractivity contribution < 1.29 is 9.47 Å². The van der Waals surface area contributed by atoms with Crippen LogP contribution >= 0.6 is 22.6 Å². The molecule has 0 aliphatic heterocycles. The summed E-state index contributed by atoms with van der Waals surface area (Å²) in [7, 11) is 3.36. The van der Waals surface area contributed by atoms with Crippen LogP contribution in [0.2, 0.25) is 0 Å². The van der Waals surface area contributed by atoms with Crippen molar-refractivity contribution in [2.75, 3.05) is 14.2 Å². The third-order valence-corrected chi connectivity index (χ3v) is 5.51. The summed E-state index contributed by atoms with van der Waals surface area (Å²) in [5.41, 5.74) is 6.52. The van der Waals surface area contributed by atoms with E-state index in [-0.39, 0.29) is 0 Å². The zero-order valence-electron chi connectivity index (χ0n) is 15.0. The number of methoxy groups -OCH3 is 2. The van der Waals surface area contributed by atoms with E-state index in [0.717, 1.165) is 27.2 Å². The summed E-state index contributed by atoms with van der Waals surface area (Å²) in [6.45, 7) is 0.662. The SMILES string of the molecule is COc1ccc(Cn2nc(I)cc2-c2cccc3c2CCC3)c(OC)c1. The first-order chi connectivity index (χ1) is 12.7. The molecular weight excluding hydrogens is 439 g/mol. The molecule has 0 atom stereocenters. The zero-order chi connectivity index (χ0) is 18.1. The lowest BCUT2D eigenvalue weighted by molar-refractivity contribution is 0.389. The minimum Gasteiger partial charge on any atom is -0.497 e. The van der Waals surface area contributed by atoms with Crippen molar-refractivity contribution in [3.63, 3.8) is 0 Å². The molecular formula is C21H21IN2O2. The van der Waals surface area contributed by atoms with E-state index in [2.05, 4.69) is 51.5 Å². The van der Waals surface area contributed by atoms with Crippen molar-refractivity contribution in [2.45, 2.75) is 25.8 Å². The molecule has 0 radical (unpaired) electrons. The standard InChI is InChI=1S/C21H21IN2O2/c1-25-16-10-9-15(20(11-16)26-2)13-24-19(12-21(22)23-24)18-8-4-6-14-5-3-7-17(14)18/h4,6,8-12H,3,5,7,13H2,1-2H3. The maximum absolute atomic E-state index is 5.56. The minimum absolute atomic E-state index is 0.662. The number of hydrogen-bond donors (Lipinski definition) is 0. The van der Waals surface area contributed by atoms with Gasteiger partial charge in [-0.05, 0) is 71.2 Å². The molecule has 0 unspecified atom stereocenters. The molecule has 1 aliphatic carbocycles. The van der Waals surface area contributed by atoms with Gasteiger partial charge in [0.1, 0.15) is 15.2 Å². The molecule has 2 aromatic carbocycles. The lowest BCUT2D eigenvalue weighted by atomic mass is 10.0. The van der Waals surface area contributed by atoms with E-state index in [1.807, 2.05) is 18.2 Å². The molecule has 5 heteroatoms. The van der Waals surface area contributed by atoms with Gasteiger partial charge in [-0.15, -0.1) is 0 Å². The topological polar surface area (TPSA) is 36.3 Å². The van der Waals surface area contributed by atoms with Gasteiger partial charge in [0.15, 0.2) is 0 Å². The van der Waals surface area contributed by atoms with Gasteiger partial charge in [-0.1, -0.05) is 18.2 Å². The lowest BCUT2D eigenvalue weighted by Crippen LogP contribution is -2.06. The van der Waals surface area contributed by atoms with Crippen LogP contribution < -0.4 is 9.47 Å². The summed E-state index contributed by atoms with van der Waals surface area (Å²) in [6, 6.07) is 14.7. The van der Waals surface area contributed by atoms with Gasteiger partial charge in [0.05, 0.1) is 26.5 Å². The second kappa shape index (κ2) is 7.31. The van der Waals surface area contributed by atoms with Gasteiger partial charge in [-0.2, -0.15) is 5.10 Å². The summed E-state index contributed by atoms with van der Waals surface area (Å²) < 4.78 is 14.0. The van der Waals surface area contributed by atoms with Gasteiger partial charge in [-0.25, -0.2) is 0 Å². The third kappa shape index (κ3) is 3.20. The first kappa shape index (κ1) is 17.4. The highest BCUT2D eigenvalue weighted by Gasteiger charge is 2.19. The fourth-order valence-electron chi connectivity index (χ4n) is 3.73. The zero-order valence-corrected chi connectivity index (χ0v) is 17.1.